The lowest BCUT2D eigenvalue weighted by molar-refractivity contribution is -0.128. The first-order valence-corrected chi connectivity index (χ1v) is 5.34. The number of carbonyl (C=O) groups is 2. The lowest BCUT2D eigenvalue weighted by Crippen LogP contribution is -2.41. The third-order valence-electron chi connectivity index (χ3n) is 2.37. The van der Waals surface area contributed by atoms with Crippen molar-refractivity contribution in [1.82, 2.24) is 10.2 Å². The molecule has 1 saturated heterocycles. The Kier molecular flexibility index (Phi) is 4.34. The maximum Gasteiger partial charge on any atom is 0.243 e. The van der Waals surface area contributed by atoms with Crippen LogP contribution in [0.25, 0.3) is 0 Å². The average Bonchev–Trinajstić information content (AvgIpc) is 2.52. The van der Waals surface area contributed by atoms with Crippen molar-refractivity contribution in [3.8, 4) is 0 Å². The first-order valence-electron chi connectivity index (χ1n) is 5.34. The molecule has 0 spiro atoms. The van der Waals surface area contributed by atoms with Crippen molar-refractivity contribution in [3.63, 3.8) is 0 Å². The van der Waals surface area contributed by atoms with Crippen LogP contribution in [0.1, 0.15) is 26.7 Å². The summed E-state index contributed by atoms with van der Waals surface area (Å²) in [5.41, 5.74) is 0. The minimum atomic E-state index is -0.100. The van der Waals surface area contributed by atoms with Gasteiger partial charge in [-0.15, -0.1) is 0 Å². The minimum absolute atomic E-state index is 0.00995. The Labute approximate surface area is 90.3 Å². The van der Waals surface area contributed by atoms with Gasteiger partial charge in [0.2, 0.25) is 11.8 Å². The Hall–Kier alpha value is -1.32. The fourth-order valence-corrected chi connectivity index (χ4v) is 1.72. The number of likely N-dealkylation sites (tertiary alicyclic amines) is 1. The maximum absolute atomic E-state index is 11.3. The summed E-state index contributed by atoms with van der Waals surface area (Å²) in [5, 5.41) is 2.81. The molecule has 15 heavy (non-hydrogen) atoms. The van der Waals surface area contributed by atoms with E-state index >= 15 is 0 Å². The quantitative estimate of drug-likeness (QED) is 0.694. The zero-order valence-corrected chi connectivity index (χ0v) is 9.32. The molecule has 1 rings (SSSR count). The van der Waals surface area contributed by atoms with Crippen molar-refractivity contribution in [1.29, 1.82) is 0 Å². The van der Waals surface area contributed by atoms with Crippen LogP contribution in [-0.4, -0.2) is 35.8 Å². The molecule has 4 nitrogen and oxygen atoms in total. The molecule has 1 aliphatic heterocycles. The first kappa shape index (κ1) is 11.8. The Bertz CT molecular complexity index is 274. The summed E-state index contributed by atoms with van der Waals surface area (Å²) in [4.78, 5) is 24.3. The van der Waals surface area contributed by atoms with Crippen molar-refractivity contribution in [2.75, 3.05) is 13.1 Å². The highest BCUT2D eigenvalue weighted by molar-refractivity contribution is 5.87. The SMILES string of the molecule is CC=CC(=O)NC(C)CN1CCCC1=O. The zero-order chi connectivity index (χ0) is 11.3. The van der Waals surface area contributed by atoms with Gasteiger partial charge in [0, 0.05) is 25.6 Å². The molecule has 0 aromatic heterocycles. The van der Waals surface area contributed by atoms with Gasteiger partial charge in [-0.3, -0.25) is 9.59 Å². The highest BCUT2D eigenvalue weighted by Crippen LogP contribution is 2.09. The second-order valence-electron chi connectivity index (χ2n) is 3.85. The molecule has 1 unspecified atom stereocenters. The van der Waals surface area contributed by atoms with Gasteiger partial charge in [-0.2, -0.15) is 0 Å². The van der Waals surface area contributed by atoms with E-state index in [0.29, 0.717) is 13.0 Å². The maximum atomic E-state index is 11.3. The third kappa shape index (κ3) is 3.73. The second kappa shape index (κ2) is 5.53. The molecule has 0 bridgehead atoms. The van der Waals surface area contributed by atoms with Gasteiger partial charge < -0.3 is 10.2 Å². The van der Waals surface area contributed by atoms with E-state index in [1.165, 1.54) is 6.08 Å². The van der Waals surface area contributed by atoms with Crippen LogP contribution in [0.3, 0.4) is 0 Å². The molecule has 0 saturated carbocycles. The van der Waals surface area contributed by atoms with Crippen LogP contribution < -0.4 is 5.32 Å². The van der Waals surface area contributed by atoms with Crippen LogP contribution >= 0.6 is 0 Å². The molecule has 0 aromatic carbocycles. The molecule has 1 heterocycles. The standard InChI is InChI=1S/C11H18N2O2/c1-3-5-10(14)12-9(2)8-13-7-4-6-11(13)15/h3,5,9H,4,6-8H2,1-2H3,(H,12,14). The molecule has 2 amide bonds. The van der Waals surface area contributed by atoms with Gasteiger partial charge >= 0.3 is 0 Å². The van der Waals surface area contributed by atoms with E-state index in [9.17, 15) is 9.59 Å². The van der Waals surface area contributed by atoms with Gasteiger partial charge in [0.25, 0.3) is 0 Å². The predicted octanol–water partition coefficient (Wildman–Crippen LogP) is 0.690. The number of nitrogens with zero attached hydrogens (tertiary/aromatic N) is 1. The van der Waals surface area contributed by atoms with Crippen LogP contribution in [0.5, 0.6) is 0 Å². The van der Waals surface area contributed by atoms with Crippen molar-refractivity contribution in [2.45, 2.75) is 32.7 Å². The molecule has 0 aliphatic carbocycles. The highest BCUT2D eigenvalue weighted by atomic mass is 16.2. The summed E-state index contributed by atoms with van der Waals surface area (Å²) in [5.74, 6) is 0.0961. The summed E-state index contributed by atoms with van der Waals surface area (Å²) in [7, 11) is 0. The van der Waals surface area contributed by atoms with E-state index < -0.39 is 0 Å². The van der Waals surface area contributed by atoms with Crippen LogP contribution in [0, 0.1) is 0 Å². The third-order valence-corrected chi connectivity index (χ3v) is 2.37. The van der Waals surface area contributed by atoms with Crippen LogP contribution in [0.15, 0.2) is 12.2 Å². The Balaban J connectivity index is 2.32. The van der Waals surface area contributed by atoms with Crippen LogP contribution in [-0.2, 0) is 9.59 Å². The van der Waals surface area contributed by atoms with E-state index in [1.807, 2.05) is 6.92 Å². The van der Waals surface area contributed by atoms with Gasteiger partial charge in [0.15, 0.2) is 0 Å². The van der Waals surface area contributed by atoms with E-state index in [1.54, 1.807) is 17.9 Å². The van der Waals surface area contributed by atoms with Crippen LogP contribution in [0.2, 0.25) is 0 Å². The summed E-state index contributed by atoms with van der Waals surface area (Å²) < 4.78 is 0. The molecule has 0 aromatic rings. The first-order chi connectivity index (χ1) is 7.13. The molecular formula is C11H18N2O2. The fourth-order valence-electron chi connectivity index (χ4n) is 1.72. The predicted molar refractivity (Wildman–Crippen MR) is 58.2 cm³/mol. The molecule has 1 atom stereocenters. The summed E-state index contributed by atoms with van der Waals surface area (Å²) in [6.07, 6.45) is 4.77. The minimum Gasteiger partial charge on any atom is -0.348 e. The average molecular weight is 210 g/mol. The van der Waals surface area contributed by atoms with Gasteiger partial charge in [0.05, 0.1) is 0 Å². The zero-order valence-electron chi connectivity index (χ0n) is 9.32. The number of carbonyl (C=O) groups excluding carboxylic acids is 2. The molecular weight excluding hydrogens is 192 g/mol. The molecule has 84 valence electrons. The number of hydrogen-bond donors (Lipinski definition) is 1. The van der Waals surface area contributed by atoms with Gasteiger partial charge in [0.1, 0.15) is 0 Å². The lowest BCUT2D eigenvalue weighted by atomic mass is 10.3. The van der Waals surface area contributed by atoms with Gasteiger partial charge in [-0.25, -0.2) is 0 Å². The van der Waals surface area contributed by atoms with Crippen molar-refractivity contribution in [2.24, 2.45) is 0 Å². The summed E-state index contributed by atoms with van der Waals surface area (Å²) in [6, 6.07) is 0.00995. The van der Waals surface area contributed by atoms with E-state index in [-0.39, 0.29) is 17.9 Å². The van der Waals surface area contributed by atoms with Crippen molar-refractivity contribution in [3.05, 3.63) is 12.2 Å². The number of rotatable bonds is 4. The molecule has 4 heteroatoms. The summed E-state index contributed by atoms with van der Waals surface area (Å²) in [6.45, 7) is 5.14. The number of nitrogens with one attached hydrogen (secondary N) is 1. The van der Waals surface area contributed by atoms with Gasteiger partial charge in [-0.05, 0) is 26.3 Å². The monoisotopic (exact) mass is 210 g/mol. The van der Waals surface area contributed by atoms with Crippen molar-refractivity contribution < 1.29 is 9.59 Å². The van der Waals surface area contributed by atoms with E-state index in [2.05, 4.69) is 5.32 Å². The fraction of sp³-hybridized carbons (Fsp3) is 0.636. The van der Waals surface area contributed by atoms with Crippen molar-refractivity contribution >= 4 is 11.8 Å². The molecule has 1 N–H and O–H groups in total. The van der Waals surface area contributed by atoms with Crippen LogP contribution in [0.4, 0.5) is 0 Å². The smallest absolute Gasteiger partial charge is 0.243 e. The Morgan fingerprint density at radius 1 is 1.67 bits per heavy atom. The van der Waals surface area contributed by atoms with E-state index in [4.69, 9.17) is 0 Å². The normalized spacial score (nSPS) is 18.5. The molecule has 0 radical (unpaired) electrons. The van der Waals surface area contributed by atoms with E-state index in [0.717, 1.165) is 13.0 Å². The number of amides is 2. The summed E-state index contributed by atoms with van der Waals surface area (Å²) >= 11 is 0. The number of allylic oxidation sites excluding steroid dienone is 1. The Morgan fingerprint density at radius 3 is 2.93 bits per heavy atom. The molecule has 1 fully saturated rings. The highest BCUT2D eigenvalue weighted by Gasteiger charge is 2.21. The topological polar surface area (TPSA) is 49.4 Å². The lowest BCUT2D eigenvalue weighted by Gasteiger charge is -2.21. The largest absolute Gasteiger partial charge is 0.348 e. The van der Waals surface area contributed by atoms with Gasteiger partial charge in [-0.1, -0.05) is 6.08 Å². The second-order valence-corrected chi connectivity index (χ2v) is 3.85. The molecule has 1 aliphatic rings. The Morgan fingerprint density at radius 2 is 2.40 bits per heavy atom. The number of hydrogen-bond acceptors (Lipinski definition) is 2.